The number of rotatable bonds is 5. The standard InChI is InChI=1S/C17H17F3O2/c1-2-16(21)14-5-3-4-13(11-14)10-12-6-8-15(9-7-12)22-17(18,19)20/h3-9,11,16,21H,2,10H2,1H3. The van der Waals surface area contributed by atoms with Crippen molar-refractivity contribution in [1.29, 1.82) is 0 Å². The van der Waals surface area contributed by atoms with E-state index in [1.165, 1.54) is 12.1 Å². The van der Waals surface area contributed by atoms with Gasteiger partial charge in [0.05, 0.1) is 6.10 Å². The number of aliphatic hydroxyl groups excluding tert-OH is 1. The Bertz CT molecular complexity index is 606. The van der Waals surface area contributed by atoms with E-state index >= 15 is 0 Å². The smallest absolute Gasteiger partial charge is 0.406 e. The first kappa shape index (κ1) is 16.4. The van der Waals surface area contributed by atoms with Crippen LogP contribution in [0.25, 0.3) is 0 Å². The molecule has 2 nitrogen and oxygen atoms in total. The van der Waals surface area contributed by atoms with Crippen molar-refractivity contribution in [2.45, 2.75) is 32.2 Å². The van der Waals surface area contributed by atoms with Gasteiger partial charge in [-0.2, -0.15) is 0 Å². The molecule has 0 fully saturated rings. The molecule has 0 aliphatic rings. The predicted molar refractivity (Wildman–Crippen MR) is 77.6 cm³/mol. The molecule has 0 saturated carbocycles. The second-order valence-electron chi connectivity index (χ2n) is 5.04. The molecule has 5 heteroatoms. The van der Waals surface area contributed by atoms with Crippen LogP contribution in [0.2, 0.25) is 0 Å². The van der Waals surface area contributed by atoms with Crippen molar-refractivity contribution in [1.82, 2.24) is 0 Å². The lowest BCUT2D eigenvalue weighted by Gasteiger charge is -2.11. The van der Waals surface area contributed by atoms with Gasteiger partial charge in [-0.25, -0.2) is 0 Å². The summed E-state index contributed by atoms with van der Waals surface area (Å²) in [5.74, 6) is -0.230. The van der Waals surface area contributed by atoms with Crippen LogP contribution in [0.4, 0.5) is 13.2 Å². The molecule has 2 rings (SSSR count). The molecule has 0 spiro atoms. The first-order valence-corrected chi connectivity index (χ1v) is 6.99. The van der Waals surface area contributed by atoms with Gasteiger partial charge in [-0.15, -0.1) is 13.2 Å². The highest BCUT2D eigenvalue weighted by molar-refractivity contribution is 5.33. The van der Waals surface area contributed by atoms with Crippen molar-refractivity contribution in [3.63, 3.8) is 0 Å². The molecule has 0 heterocycles. The van der Waals surface area contributed by atoms with E-state index < -0.39 is 12.5 Å². The van der Waals surface area contributed by atoms with Crippen LogP contribution in [0.15, 0.2) is 48.5 Å². The van der Waals surface area contributed by atoms with E-state index in [9.17, 15) is 18.3 Å². The van der Waals surface area contributed by atoms with E-state index in [2.05, 4.69) is 4.74 Å². The molecule has 0 aliphatic heterocycles. The lowest BCUT2D eigenvalue weighted by atomic mass is 10.00. The topological polar surface area (TPSA) is 29.5 Å². The third-order valence-corrected chi connectivity index (χ3v) is 3.29. The van der Waals surface area contributed by atoms with E-state index in [4.69, 9.17) is 0 Å². The summed E-state index contributed by atoms with van der Waals surface area (Å²) >= 11 is 0. The van der Waals surface area contributed by atoms with E-state index in [1.54, 1.807) is 12.1 Å². The molecule has 1 N–H and O–H groups in total. The minimum absolute atomic E-state index is 0.230. The van der Waals surface area contributed by atoms with Gasteiger partial charge in [0.25, 0.3) is 0 Å². The summed E-state index contributed by atoms with van der Waals surface area (Å²) in [5.41, 5.74) is 2.71. The molecule has 118 valence electrons. The molecule has 2 aromatic rings. The molecule has 0 radical (unpaired) electrons. The largest absolute Gasteiger partial charge is 0.573 e. The van der Waals surface area contributed by atoms with Crippen LogP contribution in [0.5, 0.6) is 5.75 Å². The van der Waals surface area contributed by atoms with E-state index in [-0.39, 0.29) is 5.75 Å². The molecule has 1 unspecified atom stereocenters. The van der Waals surface area contributed by atoms with Crippen molar-refractivity contribution in [3.8, 4) is 5.75 Å². The molecule has 1 atom stereocenters. The fourth-order valence-corrected chi connectivity index (χ4v) is 2.19. The summed E-state index contributed by atoms with van der Waals surface area (Å²) in [6.07, 6.45) is -3.96. The number of hydrogen-bond donors (Lipinski definition) is 1. The van der Waals surface area contributed by atoms with Crippen LogP contribution < -0.4 is 4.74 Å². The average molecular weight is 310 g/mol. The van der Waals surface area contributed by atoms with E-state index in [0.29, 0.717) is 12.8 Å². The molecule has 0 saturated heterocycles. The number of alkyl halides is 3. The highest BCUT2D eigenvalue weighted by Gasteiger charge is 2.30. The average Bonchev–Trinajstić information content (AvgIpc) is 2.47. The van der Waals surface area contributed by atoms with Crippen molar-refractivity contribution < 1.29 is 23.0 Å². The number of aliphatic hydroxyl groups is 1. The third-order valence-electron chi connectivity index (χ3n) is 3.29. The Morgan fingerprint density at radius 1 is 1.05 bits per heavy atom. The maximum absolute atomic E-state index is 12.1. The summed E-state index contributed by atoms with van der Waals surface area (Å²) in [4.78, 5) is 0. The number of hydrogen-bond acceptors (Lipinski definition) is 2. The van der Waals surface area contributed by atoms with Gasteiger partial charge in [0, 0.05) is 0 Å². The van der Waals surface area contributed by atoms with Crippen LogP contribution in [-0.4, -0.2) is 11.5 Å². The number of benzene rings is 2. The van der Waals surface area contributed by atoms with Crippen molar-refractivity contribution in [2.75, 3.05) is 0 Å². The molecular formula is C17H17F3O2. The minimum Gasteiger partial charge on any atom is -0.406 e. The van der Waals surface area contributed by atoms with Crippen molar-refractivity contribution in [2.24, 2.45) is 0 Å². The lowest BCUT2D eigenvalue weighted by Crippen LogP contribution is -2.17. The molecule has 0 bridgehead atoms. The Morgan fingerprint density at radius 2 is 1.73 bits per heavy atom. The van der Waals surface area contributed by atoms with Crippen molar-refractivity contribution >= 4 is 0 Å². The van der Waals surface area contributed by atoms with Crippen LogP contribution in [0.1, 0.15) is 36.1 Å². The van der Waals surface area contributed by atoms with Gasteiger partial charge in [0.15, 0.2) is 0 Å². The van der Waals surface area contributed by atoms with Crippen LogP contribution in [0, 0.1) is 0 Å². The molecule has 0 aliphatic carbocycles. The maximum atomic E-state index is 12.1. The lowest BCUT2D eigenvalue weighted by molar-refractivity contribution is -0.274. The van der Waals surface area contributed by atoms with Crippen LogP contribution in [0.3, 0.4) is 0 Å². The second kappa shape index (κ2) is 6.83. The zero-order chi connectivity index (χ0) is 16.2. The Labute approximate surface area is 127 Å². The van der Waals surface area contributed by atoms with Crippen molar-refractivity contribution in [3.05, 3.63) is 65.2 Å². The summed E-state index contributed by atoms with van der Waals surface area (Å²) in [5, 5.41) is 9.84. The molecular weight excluding hydrogens is 293 g/mol. The molecule has 0 amide bonds. The highest BCUT2D eigenvalue weighted by Crippen LogP contribution is 2.24. The molecule has 22 heavy (non-hydrogen) atoms. The fraction of sp³-hybridized carbons (Fsp3) is 0.294. The Morgan fingerprint density at radius 3 is 2.32 bits per heavy atom. The van der Waals surface area contributed by atoms with Gasteiger partial charge in [-0.1, -0.05) is 43.3 Å². The quantitative estimate of drug-likeness (QED) is 0.873. The maximum Gasteiger partial charge on any atom is 0.573 e. The zero-order valence-electron chi connectivity index (χ0n) is 12.1. The van der Waals surface area contributed by atoms with E-state index in [0.717, 1.165) is 16.7 Å². The van der Waals surface area contributed by atoms with Crippen LogP contribution in [-0.2, 0) is 6.42 Å². The highest BCUT2D eigenvalue weighted by atomic mass is 19.4. The van der Waals surface area contributed by atoms with Gasteiger partial charge < -0.3 is 9.84 Å². The predicted octanol–water partition coefficient (Wildman–Crippen LogP) is 4.62. The SMILES string of the molecule is CCC(O)c1cccc(Cc2ccc(OC(F)(F)F)cc2)c1. The molecule has 0 aromatic heterocycles. The van der Waals surface area contributed by atoms with Gasteiger partial charge in [0.1, 0.15) is 5.75 Å². The minimum atomic E-state index is -4.67. The summed E-state index contributed by atoms with van der Waals surface area (Å²) in [6.45, 7) is 1.90. The number of ether oxygens (including phenoxy) is 1. The van der Waals surface area contributed by atoms with Crippen LogP contribution >= 0.6 is 0 Å². The Kier molecular flexibility index (Phi) is 5.08. The molecule has 2 aromatic carbocycles. The monoisotopic (exact) mass is 310 g/mol. The first-order chi connectivity index (χ1) is 10.4. The normalized spacial score (nSPS) is 13.0. The van der Waals surface area contributed by atoms with Gasteiger partial charge in [-0.3, -0.25) is 0 Å². The summed E-state index contributed by atoms with van der Waals surface area (Å²) in [7, 11) is 0. The van der Waals surface area contributed by atoms with Gasteiger partial charge >= 0.3 is 6.36 Å². The second-order valence-corrected chi connectivity index (χ2v) is 5.04. The van der Waals surface area contributed by atoms with Gasteiger partial charge in [0.2, 0.25) is 0 Å². The third kappa shape index (κ3) is 4.77. The van der Waals surface area contributed by atoms with Gasteiger partial charge in [-0.05, 0) is 41.7 Å². The Hall–Kier alpha value is -2.01. The Balaban J connectivity index is 2.08. The summed E-state index contributed by atoms with van der Waals surface area (Å²) in [6, 6.07) is 13.4. The van der Waals surface area contributed by atoms with E-state index in [1.807, 2.05) is 31.2 Å². The summed E-state index contributed by atoms with van der Waals surface area (Å²) < 4.78 is 40.1. The zero-order valence-corrected chi connectivity index (χ0v) is 12.1. The number of halogens is 3. The fourth-order valence-electron chi connectivity index (χ4n) is 2.19. The first-order valence-electron chi connectivity index (χ1n) is 6.99.